The molecule has 1 heterocycles. The minimum Gasteiger partial charge on any atom is -0.478 e. The van der Waals surface area contributed by atoms with Crippen LogP contribution in [0, 0.1) is 0 Å². The smallest absolute Gasteiger partial charge is 0.263 e. The van der Waals surface area contributed by atoms with Gasteiger partial charge in [-0.1, -0.05) is 91.4 Å². The van der Waals surface area contributed by atoms with Gasteiger partial charge in [-0.15, -0.1) is 0 Å². The van der Waals surface area contributed by atoms with Crippen LogP contribution in [0.1, 0.15) is 78.6 Å². The SMILES string of the molecule is CCC=CCC=CCC=CCC=CCC=CCC=CCCC(=O)NCCN(CCCN1CCNCC1)CCNC(=O)C(C)(C)Oc1ccc(Cl)cc1. The molecule has 0 bridgehead atoms. The van der Waals surface area contributed by atoms with E-state index in [2.05, 4.69) is 106 Å². The normalized spacial score (nSPS) is 14.7. The van der Waals surface area contributed by atoms with Crippen LogP contribution in [0.25, 0.3) is 0 Å². The lowest BCUT2D eigenvalue weighted by Gasteiger charge is -2.29. The van der Waals surface area contributed by atoms with Gasteiger partial charge < -0.3 is 25.6 Å². The summed E-state index contributed by atoms with van der Waals surface area (Å²) in [4.78, 5) is 30.3. The number of allylic oxidation sites excluding steroid dienone is 12. The van der Waals surface area contributed by atoms with E-state index in [0.29, 0.717) is 36.8 Å². The van der Waals surface area contributed by atoms with Crippen LogP contribution in [-0.2, 0) is 9.59 Å². The molecule has 0 radical (unpaired) electrons. The van der Waals surface area contributed by atoms with Gasteiger partial charge >= 0.3 is 0 Å². The van der Waals surface area contributed by atoms with E-state index in [0.717, 1.165) is 97.2 Å². The Morgan fingerprint density at radius 1 is 0.788 bits per heavy atom. The van der Waals surface area contributed by atoms with Crippen molar-refractivity contribution in [3.05, 3.63) is 102 Å². The molecule has 288 valence electrons. The number of nitrogens with zero attached hydrogens (tertiary/aromatic N) is 2. The Labute approximate surface area is 320 Å². The summed E-state index contributed by atoms with van der Waals surface area (Å²) in [7, 11) is 0. The predicted octanol–water partition coefficient (Wildman–Crippen LogP) is 7.81. The highest BCUT2D eigenvalue weighted by Gasteiger charge is 2.29. The topological polar surface area (TPSA) is 85.9 Å². The molecule has 2 amide bonds. The second-order valence-electron chi connectivity index (χ2n) is 13.4. The Morgan fingerprint density at radius 2 is 1.31 bits per heavy atom. The molecule has 0 unspecified atom stereocenters. The van der Waals surface area contributed by atoms with Crippen molar-refractivity contribution in [1.82, 2.24) is 25.8 Å². The molecule has 1 saturated heterocycles. The van der Waals surface area contributed by atoms with Crippen LogP contribution in [0.4, 0.5) is 0 Å². The fraction of sp³-hybridized carbons (Fsp3) is 0.535. The van der Waals surface area contributed by atoms with Crippen LogP contribution in [-0.4, -0.2) is 92.7 Å². The molecule has 1 aliphatic heterocycles. The molecule has 52 heavy (non-hydrogen) atoms. The van der Waals surface area contributed by atoms with E-state index < -0.39 is 5.60 Å². The molecular weight excluding hydrogens is 670 g/mol. The summed E-state index contributed by atoms with van der Waals surface area (Å²) in [6, 6.07) is 7.01. The van der Waals surface area contributed by atoms with Gasteiger partial charge in [0, 0.05) is 63.8 Å². The number of hydrogen-bond donors (Lipinski definition) is 3. The molecule has 8 nitrogen and oxygen atoms in total. The lowest BCUT2D eigenvalue weighted by atomic mass is 10.1. The number of rotatable bonds is 27. The van der Waals surface area contributed by atoms with Crippen LogP contribution in [0.15, 0.2) is 97.2 Å². The molecule has 0 saturated carbocycles. The number of nitrogens with one attached hydrogen (secondary N) is 3. The lowest BCUT2D eigenvalue weighted by molar-refractivity contribution is -0.134. The summed E-state index contributed by atoms with van der Waals surface area (Å²) in [5, 5.41) is 10.1. The number of hydrogen-bond acceptors (Lipinski definition) is 6. The van der Waals surface area contributed by atoms with Crippen molar-refractivity contribution >= 4 is 23.4 Å². The average Bonchev–Trinajstić information content (AvgIpc) is 3.13. The Kier molecular flexibility index (Phi) is 25.0. The van der Waals surface area contributed by atoms with Gasteiger partial charge in [-0.25, -0.2) is 0 Å². The molecule has 1 aromatic carbocycles. The van der Waals surface area contributed by atoms with E-state index in [1.165, 1.54) is 0 Å². The number of halogens is 1. The maximum absolute atomic E-state index is 13.0. The zero-order valence-corrected chi connectivity index (χ0v) is 32.9. The third-order valence-corrected chi connectivity index (χ3v) is 8.74. The fourth-order valence-electron chi connectivity index (χ4n) is 5.47. The van der Waals surface area contributed by atoms with Crippen LogP contribution >= 0.6 is 11.6 Å². The summed E-state index contributed by atoms with van der Waals surface area (Å²) in [5.74, 6) is 0.483. The van der Waals surface area contributed by atoms with Crippen molar-refractivity contribution in [2.45, 2.75) is 84.2 Å². The Hall–Kier alpha value is -3.43. The second-order valence-corrected chi connectivity index (χ2v) is 13.8. The first kappa shape index (κ1) is 44.7. The molecular formula is C43H66ClN5O3. The number of piperazine rings is 1. The minimum absolute atomic E-state index is 0.0645. The number of amides is 2. The van der Waals surface area contributed by atoms with Crippen molar-refractivity contribution in [1.29, 1.82) is 0 Å². The third kappa shape index (κ3) is 23.2. The highest BCUT2D eigenvalue weighted by atomic mass is 35.5. The second kappa shape index (κ2) is 29.1. The molecule has 0 atom stereocenters. The number of carbonyl (C=O) groups excluding carboxylic acids is 2. The van der Waals surface area contributed by atoms with Gasteiger partial charge in [-0.05, 0) is 103 Å². The summed E-state index contributed by atoms with van der Waals surface area (Å²) < 4.78 is 5.94. The lowest BCUT2D eigenvalue weighted by Crippen LogP contribution is -2.49. The van der Waals surface area contributed by atoms with E-state index in [9.17, 15) is 9.59 Å². The van der Waals surface area contributed by atoms with Gasteiger partial charge in [0.05, 0.1) is 0 Å². The summed E-state index contributed by atoms with van der Waals surface area (Å²) in [6.45, 7) is 14.3. The van der Waals surface area contributed by atoms with Gasteiger partial charge in [-0.3, -0.25) is 14.5 Å². The molecule has 0 aliphatic carbocycles. The van der Waals surface area contributed by atoms with Crippen LogP contribution < -0.4 is 20.7 Å². The molecule has 3 N–H and O–H groups in total. The zero-order valence-electron chi connectivity index (χ0n) is 32.2. The van der Waals surface area contributed by atoms with Crippen molar-refractivity contribution < 1.29 is 14.3 Å². The van der Waals surface area contributed by atoms with Crippen LogP contribution in [0.5, 0.6) is 5.75 Å². The van der Waals surface area contributed by atoms with E-state index >= 15 is 0 Å². The fourth-order valence-corrected chi connectivity index (χ4v) is 5.59. The van der Waals surface area contributed by atoms with Crippen molar-refractivity contribution in [3.63, 3.8) is 0 Å². The van der Waals surface area contributed by atoms with E-state index in [1.807, 2.05) is 0 Å². The summed E-state index contributed by atoms with van der Waals surface area (Å²) >= 11 is 5.98. The monoisotopic (exact) mass is 735 g/mol. The highest BCUT2D eigenvalue weighted by molar-refractivity contribution is 6.30. The third-order valence-electron chi connectivity index (χ3n) is 8.49. The zero-order chi connectivity index (χ0) is 37.5. The maximum Gasteiger partial charge on any atom is 0.263 e. The largest absolute Gasteiger partial charge is 0.478 e. The van der Waals surface area contributed by atoms with Gasteiger partial charge in [0.1, 0.15) is 5.75 Å². The Balaban J connectivity index is 1.63. The summed E-state index contributed by atoms with van der Waals surface area (Å²) in [6.07, 6.45) is 34.3. The summed E-state index contributed by atoms with van der Waals surface area (Å²) in [5.41, 5.74) is -1.03. The predicted molar refractivity (Wildman–Crippen MR) is 220 cm³/mol. The average molecular weight is 736 g/mol. The van der Waals surface area contributed by atoms with Gasteiger partial charge in [-0.2, -0.15) is 0 Å². The van der Waals surface area contributed by atoms with Crippen LogP contribution in [0.3, 0.4) is 0 Å². The van der Waals surface area contributed by atoms with Gasteiger partial charge in [0.15, 0.2) is 5.60 Å². The van der Waals surface area contributed by atoms with Crippen molar-refractivity contribution in [2.75, 3.05) is 65.4 Å². The van der Waals surface area contributed by atoms with E-state index in [4.69, 9.17) is 16.3 Å². The van der Waals surface area contributed by atoms with Crippen molar-refractivity contribution in [3.8, 4) is 5.75 Å². The minimum atomic E-state index is -1.03. The molecule has 0 spiro atoms. The van der Waals surface area contributed by atoms with Gasteiger partial charge in [0.25, 0.3) is 5.91 Å². The van der Waals surface area contributed by atoms with Crippen LogP contribution in [0.2, 0.25) is 5.02 Å². The molecule has 1 aliphatic rings. The van der Waals surface area contributed by atoms with E-state index in [1.54, 1.807) is 38.1 Å². The van der Waals surface area contributed by atoms with E-state index in [-0.39, 0.29) is 11.8 Å². The van der Waals surface area contributed by atoms with Crippen molar-refractivity contribution in [2.24, 2.45) is 0 Å². The molecule has 1 aromatic rings. The highest BCUT2D eigenvalue weighted by Crippen LogP contribution is 2.21. The quantitative estimate of drug-likeness (QED) is 0.0800. The Bertz CT molecular complexity index is 1280. The first-order valence-electron chi connectivity index (χ1n) is 19.3. The first-order valence-corrected chi connectivity index (χ1v) is 19.7. The first-order chi connectivity index (χ1) is 25.3. The number of carbonyl (C=O) groups is 2. The standard InChI is InChI=1S/C43H66ClN5O3/c1-4-5-6-7-8-9-10-11-12-13-14-15-16-17-18-19-20-21-22-24-41(50)46-31-37-49(34-23-33-48-35-29-45-30-36-48)38-32-47-42(51)43(2,3)52-40-27-25-39(44)26-28-40/h5-6,8-9,11-12,14-15,17-18,20-21,25-28,45H,4,7,10,13,16,19,22-24,29-38H2,1-3H3,(H,46,50)(H,47,51). The maximum atomic E-state index is 13.0. The molecule has 2 rings (SSSR count). The number of benzene rings is 1. The molecule has 1 fully saturated rings. The number of ether oxygens (including phenoxy) is 1. The molecule has 0 aromatic heterocycles. The molecule has 9 heteroatoms. The Morgan fingerprint density at radius 3 is 1.87 bits per heavy atom. The van der Waals surface area contributed by atoms with Gasteiger partial charge in [0.2, 0.25) is 5.91 Å².